The van der Waals surface area contributed by atoms with Crippen molar-refractivity contribution < 1.29 is 30.3 Å². The summed E-state index contributed by atoms with van der Waals surface area (Å²) in [5, 5.41) is 26.3. The molecule has 4 N–H and O–H groups in total. The largest absolute Gasteiger partial charge is 0.477 e. The number of rotatable bonds is 2. The second-order valence-corrected chi connectivity index (χ2v) is 1.99. The van der Waals surface area contributed by atoms with Gasteiger partial charge in [-0.15, -0.1) is 0 Å². The molecule has 12 heavy (non-hydrogen) atoms. The fraction of sp³-hybridized carbons (Fsp3) is 0. The van der Waals surface area contributed by atoms with Gasteiger partial charge >= 0.3 is 11.9 Å². The van der Waals surface area contributed by atoms with Gasteiger partial charge in [0.1, 0.15) is 0 Å². The highest BCUT2D eigenvalue weighted by Gasteiger charge is 2.15. The topological polar surface area (TPSA) is 115 Å². The van der Waals surface area contributed by atoms with Gasteiger partial charge in [-0.2, -0.15) is 0 Å². The zero-order valence-electron chi connectivity index (χ0n) is 5.36. The summed E-state index contributed by atoms with van der Waals surface area (Å²) in [6.45, 7) is 0. The van der Waals surface area contributed by atoms with Crippen molar-refractivity contribution in [2.75, 3.05) is 0 Å². The Morgan fingerprint density at radius 3 is 1.08 bits per heavy atom. The van der Waals surface area contributed by atoms with Crippen molar-refractivity contribution in [1.29, 1.82) is 0 Å². The Hall–Kier alpha value is -0.820. The molecule has 0 aromatic heterocycles. The van der Waals surface area contributed by atoms with Gasteiger partial charge < -0.3 is 10.2 Å². The zero-order valence-corrected chi connectivity index (χ0v) is 6.87. The highest BCUT2D eigenvalue weighted by Crippen LogP contribution is 2.13. The van der Waals surface area contributed by atoms with Crippen LogP contribution < -0.4 is 0 Å². The summed E-state index contributed by atoms with van der Waals surface area (Å²) in [4.78, 5) is 19.8. The Morgan fingerprint density at radius 1 is 0.833 bits per heavy atom. The molecule has 0 fully saturated rings. The van der Waals surface area contributed by atoms with Crippen molar-refractivity contribution in [2.24, 2.45) is 0 Å². The van der Waals surface area contributed by atoms with E-state index in [1.54, 1.807) is 0 Å². The average molecular weight is 219 g/mol. The first-order valence-corrected chi connectivity index (χ1v) is 2.94. The van der Waals surface area contributed by atoms with Crippen molar-refractivity contribution in [3.05, 3.63) is 10.1 Å². The third-order valence-corrected chi connectivity index (χ3v) is 1.37. The van der Waals surface area contributed by atoms with Gasteiger partial charge in [-0.1, -0.05) is 23.2 Å². The first-order valence-electron chi connectivity index (χ1n) is 2.18. The molecule has 0 atom stereocenters. The molecule has 0 aromatic carbocycles. The molecule has 0 aliphatic heterocycles. The quantitative estimate of drug-likeness (QED) is 0.311. The van der Waals surface area contributed by atoms with Crippen molar-refractivity contribution in [1.82, 2.24) is 0 Å². The average Bonchev–Trinajstić information content (AvgIpc) is 2.05. The summed E-state index contributed by atoms with van der Waals surface area (Å²) in [6.07, 6.45) is 0. The SMILES string of the molecule is O=C(O)C(Cl)=C(Cl)C(=O)O.OO. The lowest BCUT2D eigenvalue weighted by molar-refractivity contribution is -0.176. The maximum atomic E-state index is 9.91. The van der Waals surface area contributed by atoms with Crippen LogP contribution in [0.2, 0.25) is 0 Å². The van der Waals surface area contributed by atoms with Crippen LogP contribution >= 0.6 is 23.2 Å². The Balaban J connectivity index is 0. The molecule has 0 spiro atoms. The number of aliphatic carboxylic acids is 2. The Labute approximate surface area is 76.2 Å². The Kier molecular flexibility index (Phi) is 7.86. The maximum Gasteiger partial charge on any atom is 0.349 e. The van der Waals surface area contributed by atoms with E-state index in [1.165, 1.54) is 0 Å². The monoisotopic (exact) mass is 218 g/mol. The smallest absolute Gasteiger partial charge is 0.349 e. The Morgan fingerprint density at radius 2 is 1.00 bits per heavy atom. The van der Waals surface area contributed by atoms with Crippen LogP contribution in [-0.2, 0) is 9.59 Å². The van der Waals surface area contributed by atoms with Crippen molar-refractivity contribution in [3.63, 3.8) is 0 Å². The minimum absolute atomic E-state index is 0.894. The molecular formula is C4H4Cl2O6. The summed E-state index contributed by atoms with van der Waals surface area (Å²) in [7, 11) is 0. The molecule has 0 saturated heterocycles. The van der Waals surface area contributed by atoms with Gasteiger partial charge in [0.25, 0.3) is 0 Å². The molecule has 0 saturated carbocycles. The molecular weight excluding hydrogens is 215 g/mol. The van der Waals surface area contributed by atoms with Gasteiger partial charge in [-0.3, -0.25) is 10.5 Å². The van der Waals surface area contributed by atoms with E-state index in [0.717, 1.165) is 0 Å². The van der Waals surface area contributed by atoms with Crippen LogP contribution in [0.3, 0.4) is 0 Å². The van der Waals surface area contributed by atoms with Gasteiger partial charge in [0.2, 0.25) is 0 Å². The van der Waals surface area contributed by atoms with Crippen molar-refractivity contribution in [3.8, 4) is 0 Å². The highest BCUT2D eigenvalue weighted by atomic mass is 35.5. The van der Waals surface area contributed by atoms with E-state index in [2.05, 4.69) is 0 Å². The van der Waals surface area contributed by atoms with Crippen LogP contribution in [0.1, 0.15) is 0 Å². The third kappa shape index (κ3) is 4.91. The van der Waals surface area contributed by atoms with Crippen molar-refractivity contribution >= 4 is 35.1 Å². The molecule has 70 valence electrons. The number of carbonyl (C=O) groups is 2. The summed E-state index contributed by atoms with van der Waals surface area (Å²) < 4.78 is 0. The van der Waals surface area contributed by atoms with Gasteiger partial charge in [0.05, 0.1) is 0 Å². The Bertz CT molecular complexity index is 188. The number of carboxylic acids is 2. The lowest BCUT2D eigenvalue weighted by Crippen LogP contribution is -2.02. The molecule has 0 unspecified atom stereocenters. The standard InChI is InChI=1S/C4H2Cl2O4.H2O2/c5-1(3(7)8)2(6)4(9)10;1-2/h(H,7,8)(H,9,10);1-2H. The predicted octanol–water partition coefficient (Wildman–Crippen LogP) is 0.862. The summed E-state index contributed by atoms with van der Waals surface area (Å²) in [5.41, 5.74) is 0. The maximum absolute atomic E-state index is 9.91. The van der Waals surface area contributed by atoms with Gasteiger partial charge in [-0.25, -0.2) is 9.59 Å². The molecule has 0 rings (SSSR count). The second kappa shape index (κ2) is 6.86. The first-order chi connectivity index (χ1) is 5.46. The van der Waals surface area contributed by atoms with E-state index < -0.39 is 22.0 Å². The fourth-order valence-corrected chi connectivity index (χ4v) is 0.349. The fourth-order valence-electron chi connectivity index (χ4n) is 0.188. The van der Waals surface area contributed by atoms with Gasteiger partial charge in [-0.05, 0) is 0 Å². The van der Waals surface area contributed by atoms with Crippen LogP contribution in [0.5, 0.6) is 0 Å². The molecule has 0 radical (unpaired) electrons. The molecule has 8 heteroatoms. The molecule has 0 aliphatic carbocycles. The zero-order chi connectivity index (χ0) is 10.3. The van der Waals surface area contributed by atoms with E-state index >= 15 is 0 Å². The van der Waals surface area contributed by atoms with Crippen LogP contribution in [0.25, 0.3) is 0 Å². The lowest BCUT2D eigenvalue weighted by atomic mass is 10.5. The first kappa shape index (κ1) is 13.7. The molecule has 0 aromatic rings. The van der Waals surface area contributed by atoms with Crippen LogP contribution in [-0.4, -0.2) is 32.7 Å². The molecule has 6 nitrogen and oxygen atoms in total. The van der Waals surface area contributed by atoms with Crippen LogP contribution in [0.15, 0.2) is 10.1 Å². The second-order valence-electron chi connectivity index (χ2n) is 1.24. The highest BCUT2D eigenvalue weighted by molar-refractivity contribution is 6.52. The summed E-state index contributed by atoms with van der Waals surface area (Å²) >= 11 is 9.86. The van der Waals surface area contributed by atoms with E-state index in [9.17, 15) is 9.59 Å². The predicted molar refractivity (Wildman–Crippen MR) is 39.3 cm³/mol. The normalized spacial score (nSPS) is 10.7. The van der Waals surface area contributed by atoms with E-state index in [-0.39, 0.29) is 0 Å². The van der Waals surface area contributed by atoms with Crippen LogP contribution in [0, 0.1) is 0 Å². The number of hydrogen-bond acceptors (Lipinski definition) is 4. The number of hydrogen-bond donors (Lipinski definition) is 4. The third-order valence-electron chi connectivity index (χ3n) is 0.568. The van der Waals surface area contributed by atoms with E-state index in [1.807, 2.05) is 0 Å². The number of carboxylic acid groups (broad SMARTS) is 2. The van der Waals surface area contributed by atoms with Gasteiger partial charge in [0, 0.05) is 0 Å². The lowest BCUT2D eigenvalue weighted by Gasteiger charge is -1.90. The summed E-state index contributed by atoms with van der Waals surface area (Å²) in [5.74, 6) is -3.12. The van der Waals surface area contributed by atoms with E-state index in [0.29, 0.717) is 0 Å². The molecule has 0 bridgehead atoms. The van der Waals surface area contributed by atoms with E-state index in [4.69, 9.17) is 43.9 Å². The summed E-state index contributed by atoms with van der Waals surface area (Å²) in [6, 6.07) is 0. The minimum Gasteiger partial charge on any atom is -0.477 e. The molecule has 0 heterocycles. The van der Waals surface area contributed by atoms with Gasteiger partial charge in [0.15, 0.2) is 10.1 Å². The van der Waals surface area contributed by atoms with Crippen LogP contribution in [0.4, 0.5) is 0 Å². The number of halogens is 2. The minimum atomic E-state index is -1.56. The van der Waals surface area contributed by atoms with Crippen molar-refractivity contribution in [2.45, 2.75) is 0 Å². The molecule has 0 amide bonds. The molecule has 0 aliphatic rings.